The topological polar surface area (TPSA) is 43.6 Å². The Bertz CT molecular complexity index is 1110. The molecule has 0 saturated carbocycles. The van der Waals surface area contributed by atoms with Gasteiger partial charge in [-0.25, -0.2) is 9.67 Å². The molecule has 0 fully saturated rings. The van der Waals surface area contributed by atoms with Crippen molar-refractivity contribution < 1.29 is 13.2 Å². The number of nitrogens with zero attached hydrogens (tertiary/aromatic N) is 4. The first kappa shape index (κ1) is 19.1. The van der Waals surface area contributed by atoms with E-state index in [0.29, 0.717) is 12.0 Å². The molecule has 4 nitrogen and oxygen atoms in total. The monoisotopic (exact) mass is 396 g/mol. The molecule has 7 heteroatoms. The highest BCUT2D eigenvalue weighted by molar-refractivity contribution is 5.78. The summed E-state index contributed by atoms with van der Waals surface area (Å²) in [5.74, 6) is -0.0192. The molecule has 0 aliphatic carbocycles. The zero-order valence-electron chi connectivity index (χ0n) is 15.7. The summed E-state index contributed by atoms with van der Waals surface area (Å²) in [6.07, 6.45) is 0.975. The van der Waals surface area contributed by atoms with E-state index >= 15 is 0 Å². The van der Waals surface area contributed by atoms with Crippen molar-refractivity contribution in [3.05, 3.63) is 90.1 Å². The number of benzene rings is 2. The standard InChI is InChI=1S/C22H19F3N4/c1-15(10-16-7-8-20-17(11-16)5-3-9-27-20)21(29-14-26-13-28-29)18-4-2-6-19(12-18)22(23,24)25/h2-9,11-15,21H,10H2,1H3. The van der Waals surface area contributed by atoms with Gasteiger partial charge in [-0.2, -0.15) is 18.3 Å². The van der Waals surface area contributed by atoms with Crippen LogP contribution in [-0.2, 0) is 12.6 Å². The smallest absolute Gasteiger partial charge is 0.256 e. The number of hydrogen-bond acceptors (Lipinski definition) is 3. The van der Waals surface area contributed by atoms with E-state index in [9.17, 15) is 13.2 Å². The van der Waals surface area contributed by atoms with Gasteiger partial charge >= 0.3 is 6.18 Å². The highest BCUT2D eigenvalue weighted by Crippen LogP contribution is 2.34. The average molecular weight is 396 g/mol. The first-order valence-corrected chi connectivity index (χ1v) is 9.27. The molecule has 0 N–H and O–H groups in total. The quantitative estimate of drug-likeness (QED) is 0.459. The molecule has 29 heavy (non-hydrogen) atoms. The van der Waals surface area contributed by atoms with E-state index in [1.165, 1.54) is 18.5 Å². The van der Waals surface area contributed by atoms with Gasteiger partial charge in [-0.3, -0.25) is 4.98 Å². The number of rotatable bonds is 5. The molecule has 0 saturated heterocycles. The van der Waals surface area contributed by atoms with Crippen molar-refractivity contribution in [3.63, 3.8) is 0 Å². The Balaban J connectivity index is 1.68. The Morgan fingerprint density at radius 2 is 1.90 bits per heavy atom. The van der Waals surface area contributed by atoms with Crippen LogP contribution < -0.4 is 0 Å². The highest BCUT2D eigenvalue weighted by Gasteiger charge is 2.32. The summed E-state index contributed by atoms with van der Waals surface area (Å²) >= 11 is 0. The fourth-order valence-electron chi connectivity index (χ4n) is 3.74. The molecule has 0 aliphatic heterocycles. The second kappa shape index (κ2) is 7.66. The molecular weight excluding hydrogens is 377 g/mol. The molecule has 0 spiro atoms. The summed E-state index contributed by atoms with van der Waals surface area (Å²) in [7, 11) is 0. The van der Waals surface area contributed by atoms with E-state index in [0.717, 1.165) is 22.5 Å². The lowest BCUT2D eigenvalue weighted by Gasteiger charge is -2.25. The average Bonchev–Trinajstić information content (AvgIpc) is 3.22. The summed E-state index contributed by atoms with van der Waals surface area (Å²) in [5.41, 5.74) is 1.90. The first-order chi connectivity index (χ1) is 13.9. The Kier molecular flexibility index (Phi) is 5.05. The van der Waals surface area contributed by atoms with Gasteiger partial charge in [0.15, 0.2) is 0 Å². The fraction of sp³-hybridized carbons (Fsp3) is 0.227. The van der Waals surface area contributed by atoms with Crippen LogP contribution in [0.3, 0.4) is 0 Å². The second-order valence-electron chi connectivity index (χ2n) is 7.16. The predicted molar refractivity (Wildman–Crippen MR) is 104 cm³/mol. The normalized spacial score (nSPS) is 14.1. The lowest BCUT2D eigenvalue weighted by atomic mass is 9.88. The molecule has 2 heterocycles. The number of pyridine rings is 1. The molecule has 4 aromatic rings. The molecule has 0 aliphatic rings. The Hall–Kier alpha value is -3.22. The number of alkyl halides is 3. The van der Waals surface area contributed by atoms with Gasteiger partial charge in [0.05, 0.1) is 17.1 Å². The Morgan fingerprint density at radius 1 is 1.03 bits per heavy atom. The zero-order chi connectivity index (χ0) is 20.4. The molecule has 4 rings (SSSR count). The van der Waals surface area contributed by atoms with E-state index in [1.807, 2.05) is 31.2 Å². The van der Waals surface area contributed by atoms with Crippen molar-refractivity contribution in [2.75, 3.05) is 0 Å². The van der Waals surface area contributed by atoms with Crippen molar-refractivity contribution in [3.8, 4) is 0 Å². The van der Waals surface area contributed by atoms with Gasteiger partial charge in [-0.15, -0.1) is 0 Å². The summed E-state index contributed by atoms with van der Waals surface area (Å²) in [6, 6.07) is 15.0. The molecular formula is C22H19F3N4. The van der Waals surface area contributed by atoms with Crippen LogP contribution in [0.4, 0.5) is 13.2 Å². The second-order valence-corrected chi connectivity index (χ2v) is 7.16. The minimum atomic E-state index is -4.39. The van der Waals surface area contributed by atoms with Crippen molar-refractivity contribution in [1.82, 2.24) is 19.7 Å². The van der Waals surface area contributed by atoms with Crippen LogP contribution in [0.5, 0.6) is 0 Å². The predicted octanol–water partition coefficient (Wildman–Crippen LogP) is 5.31. The number of hydrogen-bond donors (Lipinski definition) is 0. The van der Waals surface area contributed by atoms with E-state index in [2.05, 4.69) is 21.1 Å². The third kappa shape index (κ3) is 4.13. The van der Waals surface area contributed by atoms with Crippen LogP contribution in [0, 0.1) is 5.92 Å². The molecule has 2 atom stereocenters. The van der Waals surface area contributed by atoms with Crippen LogP contribution in [0.2, 0.25) is 0 Å². The van der Waals surface area contributed by atoms with Gasteiger partial charge in [-0.1, -0.05) is 31.2 Å². The van der Waals surface area contributed by atoms with Gasteiger partial charge in [0.25, 0.3) is 0 Å². The first-order valence-electron chi connectivity index (χ1n) is 9.27. The van der Waals surface area contributed by atoms with Gasteiger partial charge in [0.1, 0.15) is 12.7 Å². The Morgan fingerprint density at radius 3 is 2.66 bits per heavy atom. The van der Waals surface area contributed by atoms with Gasteiger partial charge < -0.3 is 0 Å². The summed E-state index contributed by atoms with van der Waals surface area (Å²) in [5, 5.41) is 5.25. The Labute approximate surface area is 166 Å². The minimum absolute atomic E-state index is 0.0192. The van der Waals surface area contributed by atoms with Crippen LogP contribution in [0.1, 0.15) is 29.7 Å². The maximum atomic E-state index is 13.2. The van der Waals surface area contributed by atoms with Crippen molar-refractivity contribution in [2.45, 2.75) is 25.6 Å². The van der Waals surface area contributed by atoms with Crippen LogP contribution >= 0.6 is 0 Å². The number of halogens is 3. The van der Waals surface area contributed by atoms with E-state index in [4.69, 9.17) is 0 Å². The lowest BCUT2D eigenvalue weighted by Crippen LogP contribution is -2.21. The maximum Gasteiger partial charge on any atom is 0.416 e. The van der Waals surface area contributed by atoms with Crippen molar-refractivity contribution in [1.29, 1.82) is 0 Å². The molecule has 0 radical (unpaired) electrons. The summed E-state index contributed by atoms with van der Waals surface area (Å²) < 4.78 is 41.3. The zero-order valence-corrected chi connectivity index (χ0v) is 15.7. The third-order valence-corrected chi connectivity index (χ3v) is 5.04. The van der Waals surface area contributed by atoms with Crippen LogP contribution in [0.25, 0.3) is 10.9 Å². The number of fused-ring (bicyclic) bond motifs is 1. The number of aromatic nitrogens is 4. The van der Waals surface area contributed by atoms with Crippen molar-refractivity contribution in [2.24, 2.45) is 5.92 Å². The van der Waals surface area contributed by atoms with E-state index in [1.54, 1.807) is 23.3 Å². The molecule has 2 unspecified atom stereocenters. The third-order valence-electron chi connectivity index (χ3n) is 5.04. The fourth-order valence-corrected chi connectivity index (χ4v) is 3.74. The molecule has 0 amide bonds. The highest BCUT2D eigenvalue weighted by atomic mass is 19.4. The van der Waals surface area contributed by atoms with E-state index < -0.39 is 11.7 Å². The minimum Gasteiger partial charge on any atom is -0.256 e. The van der Waals surface area contributed by atoms with Crippen LogP contribution in [-0.4, -0.2) is 19.7 Å². The SMILES string of the molecule is CC(Cc1ccc2ncccc2c1)C(c1cccc(C(F)(F)F)c1)n1cncn1. The molecule has 2 aromatic heterocycles. The van der Waals surface area contributed by atoms with Gasteiger partial charge in [-0.05, 0) is 53.8 Å². The molecule has 148 valence electrons. The van der Waals surface area contributed by atoms with E-state index in [-0.39, 0.29) is 12.0 Å². The summed E-state index contributed by atoms with van der Waals surface area (Å²) in [6.45, 7) is 2.01. The summed E-state index contributed by atoms with van der Waals surface area (Å²) in [4.78, 5) is 8.32. The molecule has 2 aromatic carbocycles. The van der Waals surface area contributed by atoms with Crippen molar-refractivity contribution >= 4 is 10.9 Å². The molecule has 0 bridgehead atoms. The van der Waals surface area contributed by atoms with Gasteiger partial charge in [0, 0.05) is 11.6 Å². The largest absolute Gasteiger partial charge is 0.416 e. The van der Waals surface area contributed by atoms with Gasteiger partial charge in [0.2, 0.25) is 0 Å². The maximum absolute atomic E-state index is 13.2. The lowest BCUT2D eigenvalue weighted by molar-refractivity contribution is -0.137. The van der Waals surface area contributed by atoms with Crippen LogP contribution in [0.15, 0.2) is 73.4 Å².